The van der Waals surface area contributed by atoms with Crippen LogP contribution in [0.25, 0.3) is 0 Å². The molecule has 1 unspecified atom stereocenters. The first-order valence-corrected chi connectivity index (χ1v) is 11.0. The molecular weight excluding hydrogens is 457 g/mol. The van der Waals surface area contributed by atoms with Gasteiger partial charge in [-0.2, -0.15) is 0 Å². The Morgan fingerprint density at radius 1 is 1.12 bits per heavy atom. The molecular formula is C22H30ClFN3O4S+. The lowest BCUT2D eigenvalue weighted by Gasteiger charge is -2.31. The number of allylic oxidation sites excluding steroid dienone is 1. The van der Waals surface area contributed by atoms with Gasteiger partial charge in [-0.15, -0.1) is 12.4 Å². The van der Waals surface area contributed by atoms with E-state index in [0.29, 0.717) is 33.9 Å². The fourth-order valence-corrected chi connectivity index (χ4v) is 4.15. The molecule has 1 aromatic carbocycles. The Balaban J connectivity index is 0.00000512. The van der Waals surface area contributed by atoms with Crippen molar-refractivity contribution >= 4 is 41.3 Å². The van der Waals surface area contributed by atoms with Gasteiger partial charge in [0.15, 0.2) is 0 Å². The Labute approximate surface area is 198 Å². The summed E-state index contributed by atoms with van der Waals surface area (Å²) in [5, 5.41) is 7.06. The van der Waals surface area contributed by atoms with Crippen LogP contribution in [0.2, 0.25) is 0 Å². The molecule has 0 amide bonds. The molecule has 0 radical (unpaired) electrons. The van der Waals surface area contributed by atoms with Crippen LogP contribution in [0.15, 0.2) is 46.8 Å². The summed E-state index contributed by atoms with van der Waals surface area (Å²) in [6.45, 7) is 5.57. The zero-order valence-electron chi connectivity index (χ0n) is 18.8. The first kappa shape index (κ1) is 27.5. The van der Waals surface area contributed by atoms with Crippen molar-refractivity contribution in [3.05, 3.63) is 58.2 Å². The first-order valence-electron chi connectivity index (χ1n) is 10.0. The molecule has 0 bridgehead atoms. The molecule has 2 rings (SSSR count). The van der Waals surface area contributed by atoms with E-state index in [9.17, 15) is 14.0 Å². The number of carbonyl (C=O) groups is 2. The predicted molar refractivity (Wildman–Crippen MR) is 126 cm³/mol. The second-order valence-electron chi connectivity index (χ2n) is 6.60. The molecule has 0 saturated carbocycles. The molecule has 0 fully saturated rings. The summed E-state index contributed by atoms with van der Waals surface area (Å²) in [7, 11) is 3.58. The van der Waals surface area contributed by atoms with Crippen molar-refractivity contribution in [2.24, 2.45) is 0 Å². The molecule has 1 aliphatic heterocycles. The zero-order valence-corrected chi connectivity index (χ0v) is 20.5. The lowest BCUT2D eigenvalue weighted by Crippen LogP contribution is -2.70. The summed E-state index contributed by atoms with van der Waals surface area (Å²) in [5.41, 5.74) is 2.40. The van der Waals surface area contributed by atoms with Gasteiger partial charge in [0.25, 0.3) is 0 Å². The van der Waals surface area contributed by atoms with Crippen LogP contribution in [0.4, 0.5) is 4.39 Å². The zero-order chi connectivity index (χ0) is 23.0. The van der Waals surface area contributed by atoms with Gasteiger partial charge in [0, 0.05) is 17.1 Å². The summed E-state index contributed by atoms with van der Waals surface area (Å²) in [5.74, 6) is -1.81. The van der Waals surface area contributed by atoms with Crippen molar-refractivity contribution in [1.29, 1.82) is 0 Å². The molecule has 32 heavy (non-hydrogen) atoms. The fourth-order valence-electron chi connectivity index (χ4n) is 3.34. The highest BCUT2D eigenvalue weighted by molar-refractivity contribution is 8.13. The molecule has 0 spiro atoms. The van der Waals surface area contributed by atoms with E-state index in [1.54, 1.807) is 47.0 Å². The van der Waals surface area contributed by atoms with Crippen molar-refractivity contribution < 1.29 is 28.4 Å². The minimum Gasteiger partial charge on any atom is -0.463 e. The molecule has 3 N–H and O–H groups in total. The third-order valence-corrected chi connectivity index (χ3v) is 5.78. The largest absolute Gasteiger partial charge is 0.463 e. The van der Waals surface area contributed by atoms with E-state index in [-0.39, 0.29) is 25.6 Å². The summed E-state index contributed by atoms with van der Waals surface area (Å²) in [4.78, 5) is 29.0. The fraction of sp³-hybridized carbons (Fsp3) is 0.409. The van der Waals surface area contributed by atoms with Gasteiger partial charge in [-0.25, -0.2) is 14.0 Å². The third kappa shape index (κ3) is 6.49. The third-order valence-electron chi connectivity index (χ3n) is 4.65. The second-order valence-corrected chi connectivity index (χ2v) is 7.58. The predicted octanol–water partition coefficient (Wildman–Crippen LogP) is 1.61. The number of hydrogen-bond donors (Lipinski definition) is 3. The van der Waals surface area contributed by atoms with Crippen molar-refractivity contribution in [3.63, 3.8) is 0 Å². The highest BCUT2D eigenvalue weighted by Gasteiger charge is 2.39. The maximum Gasteiger partial charge on any atom is 0.336 e. The van der Waals surface area contributed by atoms with Gasteiger partial charge >= 0.3 is 17.1 Å². The van der Waals surface area contributed by atoms with Crippen LogP contribution in [-0.4, -0.2) is 50.2 Å². The Morgan fingerprint density at radius 2 is 1.69 bits per heavy atom. The number of nitrogens with one attached hydrogen (secondary N) is 3. The van der Waals surface area contributed by atoms with Crippen LogP contribution in [0.1, 0.15) is 32.3 Å². The normalized spacial score (nSPS) is 16.2. The number of dihydropyridines is 1. The van der Waals surface area contributed by atoms with E-state index in [0.717, 1.165) is 5.17 Å². The van der Waals surface area contributed by atoms with Crippen molar-refractivity contribution in [2.75, 3.05) is 33.1 Å². The number of esters is 2. The SMILES string of the molecule is CCOC(=O)C1=C(C)NC(CSC(NC)=[NH+]C)=C(C(=O)OCC)C1c1ccc(F)cc1.Cl. The maximum atomic E-state index is 13.6. The molecule has 1 atom stereocenters. The lowest BCUT2D eigenvalue weighted by molar-refractivity contribution is -0.418. The minimum absolute atomic E-state index is 0. The Kier molecular flexibility index (Phi) is 11.3. The Hall–Kier alpha value is -2.52. The molecule has 0 saturated heterocycles. The smallest absolute Gasteiger partial charge is 0.336 e. The lowest BCUT2D eigenvalue weighted by atomic mass is 9.80. The van der Waals surface area contributed by atoms with E-state index in [1.807, 2.05) is 0 Å². The summed E-state index contributed by atoms with van der Waals surface area (Å²) in [6.07, 6.45) is 0. The average molecular weight is 487 g/mol. The van der Waals surface area contributed by atoms with E-state index >= 15 is 0 Å². The van der Waals surface area contributed by atoms with E-state index in [1.165, 1.54) is 23.9 Å². The molecule has 176 valence electrons. The molecule has 0 aromatic heterocycles. The van der Waals surface area contributed by atoms with E-state index in [2.05, 4.69) is 15.6 Å². The highest BCUT2D eigenvalue weighted by atomic mass is 35.5. The van der Waals surface area contributed by atoms with Gasteiger partial charge in [0.05, 0.1) is 44.4 Å². The van der Waals surface area contributed by atoms with Crippen molar-refractivity contribution in [2.45, 2.75) is 26.7 Å². The monoisotopic (exact) mass is 486 g/mol. The van der Waals surface area contributed by atoms with Crippen LogP contribution in [0, 0.1) is 5.82 Å². The van der Waals surface area contributed by atoms with Crippen molar-refractivity contribution in [1.82, 2.24) is 10.6 Å². The number of thioether (sulfide) groups is 1. The number of benzene rings is 1. The Morgan fingerprint density at radius 3 is 2.19 bits per heavy atom. The molecule has 10 heteroatoms. The van der Waals surface area contributed by atoms with Crippen LogP contribution in [-0.2, 0) is 19.1 Å². The first-order chi connectivity index (χ1) is 14.9. The number of ether oxygens (including phenoxy) is 2. The van der Waals surface area contributed by atoms with Crippen LogP contribution >= 0.6 is 24.2 Å². The maximum absolute atomic E-state index is 13.6. The molecule has 1 aliphatic rings. The Bertz CT molecular complexity index is 916. The minimum atomic E-state index is -0.747. The number of halogens is 2. The average Bonchev–Trinajstić information content (AvgIpc) is 2.74. The number of hydrogen-bond acceptors (Lipinski definition) is 6. The van der Waals surface area contributed by atoms with Gasteiger partial charge in [-0.3, -0.25) is 10.3 Å². The van der Waals surface area contributed by atoms with E-state index < -0.39 is 23.7 Å². The summed E-state index contributed by atoms with van der Waals surface area (Å²) in [6, 6.07) is 5.75. The van der Waals surface area contributed by atoms with Crippen LogP contribution in [0.5, 0.6) is 0 Å². The van der Waals surface area contributed by atoms with Gasteiger partial charge < -0.3 is 14.8 Å². The molecule has 1 aromatic rings. The topological polar surface area (TPSA) is 90.6 Å². The van der Waals surface area contributed by atoms with Gasteiger partial charge in [-0.05, 0) is 50.2 Å². The quantitative estimate of drug-likeness (QED) is 0.306. The number of amidine groups is 1. The highest BCUT2D eigenvalue weighted by Crippen LogP contribution is 2.40. The van der Waals surface area contributed by atoms with Crippen LogP contribution in [0.3, 0.4) is 0 Å². The number of rotatable bonds is 7. The molecule has 0 aliphatic carbocycles. The van der Waals surface area contributed by atoms with Gasteiger partial charge in [-0.1, -0.05) is 12.1 Å². The second kappa shape index (κ2) is 13.1. The van der Waals surface area contributed by atoms with E-state index in [4.69, 9.17) is 9.47 Å². The molecule has 1 heterocycles. The molecule has 7 nitrogen and oxygen atoms in total. The summed E-state index contributed by atoms with van der Waals surface area (Å²) >= 11 is 1.46. The number of carbonyl (C=O) groups excluding carboxylic acids is 2. The van der Waals surface area contributed by atoms with Gasteiger partial charge in [0.2, 0.25) is 0 Å². The van der Waals surface area contributed by atoms with Crippen LogP contribution < -0.4 is 15.6 Å². The standard InChI is InChI=1S/C22H28FN3O4S.ClH/c1-6-29-20(27)17-13(3)26-16(12-31-22(24-4)25-5)19(21(28)30-7-2)18(17)14-8-10-15(23)11-9-14;/h8-11,18,26H,6-7,12H2,1-5H3,(H,24,25);1H/p+1. The summed E-state index contributed by atoms with van der Waals surface area (Å²) < 4.78 is 24.2. The van der Waals surface area contributed by atoms with Gasteiger partial charge in [0.1, 0.15) is 5.82 Å². The van der Waals surface area contributed by atoms with Crippen molar-refractivity contribution in [3.8, 4) is 0 Å².